The number of carbonyl (C=O) groups is 4. The lowest BCUT2D eigenvalue weighted by Crippen LogP contribution is -2.30. The van der Waals surface area contributed by atoms with Gasteiger partial charge in [0.1, 0.15) is 19.3 Å². The zero-order valence-corrected chi connectivity index (χ0v) is 67.6. The Balaban J connectivity index is 5.51. The van der Waals surface area contributed by atoms with E-state index in [1.54, 1.807) is 0 Å². The normalized spacial score (nSPS) is 14.7. The van der Waals surface area contributed by atoms with Gasteiger partial charge in [0.25, 0.3) is 0 Å². The van der Waals surface area contributed by atoms with Crippen LogP contribution < -0.4 is 0 Å². The Kier molecular flexibility index (Phi) is 73.5. The zero-order valence-electron chi connectivity index (χ0n) is 65.8. The fourth-order valence-corrected chi connectivity index (χ4v) is 11.6. The molecule has 0 aliphatic heterocycles. The number of phosphoric ester groups is 2. The summed E-state index contributed by atoms with van der Waals surface area (Å²) in [6, 6.07) is 0. The highest BCUT2D eigenvalue weighted by atomic mass is 31.2. The third-order valence-electron chi connectivity index (χ3n) is 16.2. The first-order valence-electron chi connectivity index (χ1n) is 40.4. The molecule has 0 saturated heterocycles. The summed E-state index contributed by atoms with van der Waals surface area (Å²) in [7, 11) is -10.0. The van der Waals surface area contributed by atoms with Gasteiger partial charge in [-0.3, -0.25) is 37.3 Å². The summed E-state index contributed by atoms with van der Waals surface area (Å²) in [6.07, 6.45) is 92.0. The highest BCUT2D eigenvalue weighted by Crippen LogP contribution is 2.45. The Morgan fingerprint density at radius 3 is 0.811 bits per heavy atom. The molecule has 3 N–H and O–H groups in total. The highest BCUT2D eigenvalue weighted by molar-refractivity contribution is 7.47. The van der Waals surface area contributed by atoms with E-state index in [2.05, 4.69) is 180 Å². The minimum atomic E-state index is -5.01. The smallest absolute Gasteiger partial charge is 0.462 e. The molecule has 0 aromatic carbocycles. The van der Waals surface area contributed by atoms with E-state index in [-0.39, 0.29) is 25.7 Å². The van der Waals surface area contributed by atoms with Crippen LogP contribution in [0.3, 0.4) is 0 Å². The summed E-state index contributed by atoms with van der Waals surface area (Å²) in [6.45, 7) is 4.44. The van der Waals surface area contributed by atoms with Crippen molar-refractivity contribution in [3.8, 4) is 0 Å². The monoisotopic (exact) mass is 1520 g/mol. The summed E-state index contributed by atoms with van der Waals surface area (Å²) in [4.78, 5) is 73.1. The maximum absolute atomic E-state index is 13.1. The van der Waals surface area contributed by atoms with Gasteiger partial charge < -0.3 is 33.8 Å². The third-order valence-corrected chi connectivity index (χ3v) is 18.1. The van der Waals surface area contributed by atoms with Crippen molar-refractivity contribution in [2.75, 3.05) is 39.6 Å². The number of ether oxygens (including phenoxy) is 4. The fourth-order valence-electron chi connectivity index (χ4n) is 10.1. The Hall–Kier alpha value is -5.58. The molecule has 0 amide bonds. The van der Waals surface area contributed by atoms with Crippen molar-refractivity contribution in [3.05, 3.63) is 170 Å². The summed E-state index contributed by atoms with van der Waals surface area (Å²) >= 11 is 0. The standard InChI is InChI=1S/C87H142O17P2/c1-5-9-13-17-21-25-29-33-37-39-40-42-46-50-54-58-62-66-70-74-87(92)104-83(78-98-85(90)72-68-64-60-56-52-48-45-41-38-34-30-26-22-18-14-10-6-2)80-102-106(95,96)100-76-81(88)75-99-105(93,94)101-79-82(103-86(91)73-69-65-61-57-53-49-44-36-32-28-24-20-16-12-8-4)77-97-84(89)71-67-63-59-55-51-47-43-35-31-27-23-19-15-11-7-3/h9-10,13-14,21-28,33-38,40,42-45,48,50,54,62,66,81-83,88H,5-8,11-12,15-20,29-32,39,41,46-47,49,51-53,55-61,63-65,67-80H2,1-4H3,(H,93,94)(H,95,96)/t81?,82-,83-/m1/s1. The van der Waals surface area contributed by atoms with Crippen LogP contribution in [0.2, 0.25) is 0 Å². The number of hydrogen-bond donors (Lipinski definition) is 3. The second-order valence-electron chi connectivity index (χ2n) is 26.2. The van der Waals surface area contributed by atoms with E-state index in [9.17, 15) is 43.2 Å². The molecular weight excluding hydrogens is 1380 g/mol. The lowest BCUT2D eigenvalue weighted by Gasteiger charge is -2.21. The van der Waals surface area contributed by atoms with Crippen molar-refractivity contribution in [3.63, 3.8) is 0 Å². The molecule has 602 valence electrons. The number of unbranched alkanes of at least 4 members (excludes halogenated alkanes) is 20. The van der Waals surface area contributed by atoms with Crippen LogP contribution in [0.1, 0.15) is 297 Å². The van der Waals surface area contributed by atoms with E-state index in [0.717, 1.165) is 173 Å². The van der Waals surface area contributed by atoms with Crippen molar-refractivity contribution in [1.29, 1.82) is 0 Å². The fraction of sp³-hybridized carbons (Fsp3) is 0.632. The second kappa shape index (κ2) is 77.6. The molecule has 5 atom stereocenters. The molecule has 0 bridgehead atoms. The van der Waals surface area contributed by atoms with E-state index in [1.807, 2.05) is 18.2 Å². The summed E-state index contributed by atoms with van der Waals surface area (Å²) < 4.78 is 68.5. The maximum atomic E-state index is 13.1. The molecule has 0 heterocycles. The van der Waals surface area contributed by atoms with E-state index < -0.39 is 97.5 Å². The van der Waals surface area contributed by atoms with Gasteiger partial charge in [0.05, 0.1) is 26.4 Å². The zero-order chi connectivity index (χ0) is 77.4. The number of aliphatic hydroxyl groups is 1. The SMILES string of the molecule is CCC=CCC=CCC=CCC=CCC=CCC=CCCC(=O)O[C@H](COC(=O)CCCCCCC=CCC=CCC=CCC=CCC)COP(=O)(O)OCC(O)COP(=O)(O)OC[C@@H](COC(=O)CCCCCCCC=CCC=CCCCCC)OC(=O)CCCCCCCC=CCC=CCCCCC. The molecule has 0 aliphatic rings. The molecule has 0 aromatic heterocycles. The van der Waals surface area contributed by atoms with Crippen molar-refractivity contribution >= 4 is 39.5 Å². The Labute approximate surface area is 642 Å². The first-order valence-corrected chi connectivity index (χ1v) is 43.4. The van der Waals surface area contributed by atoms with Crippen LogP contribution >= 0.6 is 15.6 Å². The number of hydrogen-bond acceptors (Lipinski definition) is 15. The lowest BCUT2D eigenvalue weighted by molar-refractivity contribution is -0.161. The van der Waals surface area contributed by atoms with Crippen molar-refractivity contribution in [2.45, 2.75) is 316 Å². The average molecular weight is 1520 g/mol. The molecule has 0 aromatic rings. The summed E-state index contributed by atoms with van der Waals surface area (Å²) in [5, 5.41) is 10.6. The number of aliphatic hydroxyl groups excluding tert-OH is 1. The van der Waals surface area contributed by atoms with Crippen LogP contribution in [0, 0.1) is 0 Å². The molecule has 0 saturated carbocycles. The minimum Gasteiger partial charge on any atom is -0.462 e. The van der Waals surface area contributed by atoms with Crippen molar-refractivity contribution < 1.29 is 80.2 Å². The predicted octanol–water partition coefficient (Wildman–Crippen LogP) is 23.8. The molecular formula is C87H142O17P2. The number of phosphoric acid groups is 2. The van der Waals surface area contributed by atoms with Crippen molar-refractivity contribution in [2.24, 2.45) is 0 Å². The Morgan fingerprint density at radius 1 is 0.274 bits per heavy atom. The van der Waals surface area contributed by atoms with Gasteiger partial charge in [0.2, 0.25) is 0 Å². The van der Waals surface area contributed by atoms with Crippen LogP contribution in [0.15, 0.2) is 170 Å². The summed E-state index contributed by atoms with van der Waals surface area (Å²) in [5.41, 5.74) is 0. The quantitative estimate of drug-likeness (QED) is 0.0169. The van der Waals surface area contributed by atoms with Gasteiger partial charge in [-0.2, -0.15) is 0 Å². The minimum absolute atomic E-state index is 0.0428. The van der Waals surface area contributed by atoms with E-state index in [1.165, 1.54) is 38.5 Å². The van der Waals surface area contributed by atoms with Crippen LogP contribution in [0.4, 0.5) is 0 Å². The largest absolute Gasteiger partial charge is 0.472 e. The van der Waals surface area contributed by atoms with Gasteiger partial charge in [0.15, 0.2) is 12.2 Å². The number of allylic oxidation sites excluding steroid dienone is 28. The Bertz CT molecular complexity index is 2680. The first kappa shape index (κ1) is 100. The molecule has 0 fully saturated rings. The molecule has 0 rings (SSSR count). The highest BCUT2D eigenvalue weighted by Gasteiger charge is 2.30. The lowest BCUT2D eigenvalue weighted by atomic mass is 10.1. The molecule has 0 spiro atoms. The maximum Gasteiger partial charge on any atom is 0.472 e. The molecule has 17 nitrogen and oxygen atoms in total. The second-order valence-corrected chi connectivity index (χ2v) is 29.1. The van der Waals surface area contributed by atoms with Crippen LogP contribution in [-0.4, -0.2) is 96.7 Å². The van der Waals surface area contributed by atoms with Gasteiger partial charge in [-0.25, -0.2) is 9.13 Å². The summed E-state index contributed by atoms with van der Waals surface area (Å²) in [5.74, 6) is -2.34. The molecule has 0 radical (unpaired) electrons. The molecule has 0 aliphatic carbocycles. The number of carbonyl (C=O) groups excluding carboxylic acids is 4. The Morgan fingerprint density at radius 2 is 0.509 bits per heavy atom. The van der Waals surface area contributed by atoms with Gasteiger partial charge in [-0.05, 0) is 167 Å². The predicted molar refractivity (Wildman–Crippen MR) is 436 cm³/mol. The van der Waals surface area contributed by atoms with Gasteiger partial charge >= 0.3 is 39.5 Å². The molecule has 3 unspecified atom stereocenters. The van der Waals surface area contributed by atoms with Gasteiger partial charge in [-0.1, -0.05) is 275 Å². The van der Waals surface area contributed by atoms with Crippen LogP contribution in [-0.2, 0) is 65.4 Å². The van der Waals surface area contributed by atoms with E-state index >= 15 is 0 Å². The molecule has 106 heavy (non-hydrogen) atoms. The van der Waals surface area contributed by atoms with E-state index in [4.69, 9.17) is 37.0 Å². The third kappa shape index (κ3) is 76.6. The first-order chi connectivity index (χ1) is 51.7. The van der Waals surface area contributed by atoms with Crippen molar-refractivity contribution in [1.82, 2.24) is 0 Å². The van der Waals surface area contributed by atoms with E-state index in [0.29, 0.717) is 32.1 Å². The van der Waals surface area contributed by atoms with Gasteiger partial charge in [-0.15, -0.1) is 0 Å². The van der Waals surface area contributed by atoms with Crippen LogP contribution in [0.25, 0.3) is 0 Å². The topological polar surface area (TPSA) is 237 Å². The number of rotatable bonds is 74. The molecule has 19 heteroatoms. The van der Waals surface area contributed by atoms with Gasteiger partial charge in [0, 0.05) is 25.7 Å². The number of esters is 4. The average Bonchev–Trinajstić information content (AvgIpc) is 0.902. The van der Waals surface area contributed by atoms with Crippen LogP contribution in [0.5, 0.6) is 0 Å².